The van der Waals surface area contributed by atoms with Crippen LogP contribution in [0.3, 0.4) is 0 Å². The number of carbonyl (C=O) groups excluding carboxylic acids is 1. The summed E-state index contributed by atoms with van der Waals surface area (Å²) in [5.41, 5.74) is 2.99. The summed E-state index contributed by atoms with van der Waals surface area (Å²) in [6, 6.07) is 19.4. The van der Waals surface area contributed by atoms with Gasteiger partial charge in [-0.2, -0.15) is 0 Å². The smallest absolute Gasteiger partial charge is 0.338 e. The van der Waals surface area contributed by atoms with Crippen LogP contribution in [0.5, 0.6) is 17.2 Å². The molecular formula is C32H29ClN2O6S. The number of rotatable bonds is 9. The second-order valence-corrected chi connectivity index (χ2v) is 10.8. The average Bonchev–Trinajstić information content (AvgIpc) is 3.30. The van der Waals surface area contributed by atoms with Crippen LogP contribution in [0.2, 0.25) is 5.02 Å². The minimum atomic E-state index is -0.706. The van der Waals surface area contributed by atoms with Gasteiger partial charge in [0, 0.05) is 5.02 Å². The van der Waals surface area contributed by atoms with Crippen molar-refractivity contribution in [3.63, 3.8) is 0 Å². The summed E-state index contributed by atoms with van der Waals surface area (Å²) >= 11 is 7.25. The van der Waals surface area contributed by atoms with Gasteiger partial charge in [0.1, 0.15) is 12.4 Å². The zero-order valence-corrected chi connectivity index (χ0v) is 25.1. The second-order valence-electron chi connectivity index (χ2n) is 9.40. The fourth-order valence-electron chi connectivity index (χ4n) is 4.68. The maximum Gasteiger partial charge on any atom is 0.338 e. The van der Waals surface area contributed by atoms with Gasteiger partial charge in [-0.15, -0.1) is 0 Å². The number of aromatic nitrogens is 1. The lowest BCUT2D eigenvalue weighted by Gasteiger charge is -2.24. The molecule has 0 bridgehead atoms. The number of methoxy groups -OCH3 is 2. The maximum absolute atomic E-state index is 13.9. The Morgan fingerprint density at radius 2 is 1.76 bits per heavy atom. The molecule has 42 heavy (non-hydrogen) atoms. The van der Waals surface area contributed by atoms with Gasteiger partial charge < -0.3 is 18.9 Å². The molecule has 1 aliphatic rings. The number of ether oxygens (including phenoxy) is 4. The first kappa shape index (κ1) is 29.2. The number of halogens is 1. The molecule has 216 valence electrons. The van der Waals surface area contributed by atoms with Crippen molar-refractivity contribution in [2.45, 2.75) is 26.5 Å². The fraction of sp³-hybridized carbons (Fsp3) is 0.219. The minimum absolute atomic E-state index is 0.204. The lowest BCUT2D eigenvalue weighted by atomic mass is 9.96. The quantitative estimate of drug-likeness (QED) is 0.249. The second kappa shape index (κ2) is 12.7. The van der Waals surface area contributed by atoms with Crippen LogP contribution < -0.4 is 29.1 Å². The van der Waals surface area contributed by atoms with Crippen molar-refractivity contribution >= 4 is 35.0 Å². The van der Waals surface area contributed by atoms with Crippen LogP contribution in [0.25, 0.3) is 6.08 Å². The zero-order valence-electron chi connectivity index (χ0n) is 23.5. The molecule has 10 heteroatoms. The molecule has 5 rings (SSSR count). The van der Waals surface area contributed by atoms with E-state index in [2.05, 4.69) is 4.99 Å². The van der Waals surface area contributed by atoms with Crippen LogP contribution in [0.15, 0.2) is 87.8 Å². The van der Waals surface area contributed by atoms with E-state index >= 15 is 0 Å². The number of nitrogens with zero attached hydrogens (tertiary/aromatic N) is 2. The lowest BCUT2D eigenvalue weighted by Crippen LogP contribution is -2.39. The van der Waals surface area contributed by atoms with Crippen LogP contribution in [0, 0.1) is 0 Å². The summed E-state index contributed by atoms with van der Waals surface area (Å²) in [5.74, 6) is 1.26. The molecule has 0 spiro atoms. The van der Waals surface area contributed by atoms with Gasteiger partial charge in [0.25, 0.3) is 5.56 Å². The highest BCUT2D eigenvalue weighted by atomic mass is 35.5. The summed E-state index contributed by atoms with van der Waals surface area (Å²) < 4.78 is 24.2. The molecule has 0 saturated carbocycles. The van der Waals surface area contributed by atoms with Crippen molar-refractivity contribution in [2.24, 2.45) is 4.99 Å². The van der Waals surface area contributed by atoms with Crippen molar-refractivity contribution in [3.8, 4) is 17.2 Å². The number of benzene rings is 3. The molecule has 0 saturated heterocycles. The van der Waals surface area contributed by atoms with Crippen LogP contribution in [-0.2, 0) is 16.1 Å². The van der Waals surface area contributed by atoms with Crippen LogP contribution in [0.1, 0.15) is 36.6 Å². The number of carbonyl (C=O) groups is 1. The average molecular weight is 605 g/mol. The van der Waals surface area contributed by atoms with Gasteiger partial charge in [-0.25, -0.2) is 9.79 Å². The Morgan fingerprint density at radius 3 is 2.43 bits per heavy atom. The summed E-state index contributed by atoms with van der Waals surface area (Å²) in [7, 11) is 3.16. The monoisotopic (exact) mass is 604 g/mol. The molecule has 8 nitrogen and oxygen atoms in total. The van der Waals surface area contributed by atoms with Gasteiger partial charge in [-0.1, -0.05) is 53.3 Å². The molecule has 0 radical (unpaired) electrons. The molecule has 0 N–H and O–H groups in total. The molecule has 2 heterocycles. The lowest BCUT2D eigenvalue weighted by molar-refractivity contribution is -0.139. The predicted octanol–water partition coefficient (Wildman–Crippen LogP) is 5.05. The molecule has 1 unspecified atom stereocenters. The van der Waals surface area contributed by atoms with E-state index in [1.54, 1.807) is 56.9 Å². The largest absolute Gasteiger partial charge is 0.497 e. The molecule has 0 amide bonds. The van der Waals surface area contributed by atoms with E-state index in [0.717, 1.165) is 16.7 Å². The fourth-order valence-corrected chi connectivity index (χ4v) is 5.85. The molecule has 3 aromatic carbocycles. The molecule has 1 aliphatic heterocycles. The van der Waals surface area contributed by atoms with Crippen molar-refractivity contribution in [2.75, 3.05) is 20.8 Å². The predicted molar refractivity (Wildman–Crippen MR) is 162 cm³/mol. The third-order valence-electron chi connectivity index (χ3n) is 6.74. The number of esters is 1. The third-order valence-corrected chi connectivity index (χ3v) is 7.98. The first-order chi connectivity index (χ1) is 20.3. The first-order valence-electron chi connectivity index (χ1n) is 13.2. The van der Waals surface area contributed by atoms with Crippen molar-refractivity contribution in [1.29, 1.82) is 0 Å². The van der Waals surface area contributed by atoms with Gasteiger partial charge in [0.2, 0.25) is 0 Å². The Balaban J connectivity index is 1.57. The molecular weight excluding hydrogens is 576 g/mol. The Kier molecular flexibility index (Phi) is 8.80. The summed E-state index contributed by atoms with van der Waals surface area (Å²) in [6.07, 6.45) is 1.78. The molecule has 1 aromatic heterocycles. The highest BCUT2D eigenvalue weighted by Gasteiger charge is 2.33. The van der Waals surface area contributed by atoms with E-state index in [4.69, 9.17) is 30.5 Å². The summed E-state index contributed by atoms with van der Waals surface area (Å²) in [5, 5.41) is 0.651. The number of thiazole rings is 1. The van der Waals surface area contributed by atoms with E-state index in [-0.39, 0.29) is 12.2 Å². The van der Waals surface area contributed by atoms with E-state index in [1.165, 1.54) is 11.3 Å². The molecule has 0 fully saturated rings. The number of fused-ring (bicyclic) bond motifs is 1. The molecule has 0 aliphatic carbocycles. The van der Waals surface area contributed by atoms with E-state index < -0.39 is 12.0 Å². The standard InChI is InChI=1S/C32H29ClN2O6S/c1-5-40-31(37)28-19(2)34-32-35(29(28)22-9-13-24(38-3)14-10-22)30(36)27(42-32)17-21-8-15-25(39-4)26(16-21)41-18-20-6-11-23(33)12-7-20/h6-17,29H,5,18H2,1-4H3/b27-17-. The van der Waals surface area contributed by atoms with Crippen molar-refractivity contribution < 1.29 is 23.7 Å². The van der Waals surface area contributed by atoms with Gasteiger partial charge in [0.05, 0.1) is 42.7 Å². The van der Waals surface area contributed by atoms with Crippen LogP contribution in [-0.4, -0.2) is 31.4 Å². The number of allylic oxidation sites excluding steroid dienone is 1. The topological polar surface area (TPSA) is 88.4 Å². The van der Waals surface area contributed by atoms with Gasteiger partial charge in [-0.05, 0) is 73.0 Å². The van der Waals surface area contributed by atoms with E-state index in [0.29, 0.717) is 49.5 Å². The highest BCUT2D eigenvalue weighted by molar-refractivity contribution is 7.07. The van der Waals surface area contributed by atoms with Crippen molar-refractivity contribution in [3.05, 3.63) is 119 Å². The highest BCUT2D eigenvalue weighted by Crippen LogP contribution is 2.32. The van der Waals surface area contributed by atoms with Crippen LogP contribution >= 0.6 is 22.9 Å². The van der Waals surface area contributed by atoms with E-state index in [1.807, 2.05) is 48.5 Å². The number of hydrogen-bond donors (Lipinski definition) is 0. The minimum Gasteiger partial charge on any atom is -0.497 e. The zero-order chi connectivity index (χ0) is 29.8. The molecule has 4 aromatic rings. The van der Waals surface area contributed by atoms with Crippen LogP contribution in [0.4, 0.5) is 0 Å². The van der Waals surface area contributed by atoms with E-state index in [9.17, 15) is 9.59 Å². The Labute approximate surface area is 251 Å². The SMILES string of the molecule is CCOC(=O)C1=C(C)N=c2s/c(=C\c3ccc(OC)c(OCc4ccc(Cl)cc4)c3)c(=O)n2C1c1ccc(OC)cc1. The van der Waals surface area contributed by atoms with Crippen molar-refractivity contribution in [1.82, 2.24) is 4.57 Å². The van der Waals surface area contributed by atoms with Gasteiger partial charge in [-0.3, -0.25) is 9.36 Å². The normalized spacial score (nSPS) is 14.7. The Morgan fingerprint density at radius 1 is 1.02 bits per heavy atom. The first-order valence-corrected chi connectivity index (χ1v) is 14.4. The maximum atomic E-state index is 13.9. The number of hydrogen-bond acceptors (Lipinski definition) is 8. The van der Waals surface area contributed by atoms with Gasteiger partial charge in [0.15, 0.2) is 16.3 Å². The Bertz CT molecular complexity index is 1820. The summed E-state index contributed by atoms with van der Waals surface area (Å²) in [4.78, 5) is 32.1. The van der Waals surface area contributed by atoms with Gasteiger partial charge >= 0.3 is 5.97 Å². The third kappa shape index (κ3) is 5.98. The molecule has 1 atom stereocenters. The Hall–Kier alpha value is -4.34. The summed E-state index contributed by atoms with van der Waals surface area (Å²) in [6.45, 7) is 4.02.